The molecule has 1 aromatic rings. The molecule has 1 N–H and O–H groups in total. The number of aliphatic carboxylic acids is 1. The zero-order chi connectivity index (χ0) is 12.6. The Labute approximate surface area is 100 Å². The van der Waals surface area contributed by atoms with Gasteiger partial charge in [0.25, 0.3) is 0 Å². The zero-order valence-corrected chi connectivity index (χ0v) is 10.3. The van der Waals surface area contributed by atoms with E-state index in [2.05, 4.69) is 0 Å². The van der Waals surface area contributed by atoms with Crippen molar-refractivity contribution in [2.75, 3.05) is 0 Å². The summed E-state index contributed by atoms with van der Waals surface area (Å²) < 4.78 is 24.3. The highest BCUT2D eigenvalue weighted by Crippen LogP contribution is 2.36. The Morgan fingerprint density at radius 1 is 1.35 bits per heavy atom. The fourth-order valence-corrected chi connectivity index (χ4v) is 3.75. The van der Waals surface area contributed by atoms with Gasteiger partial charge in [-0.3, -0.25) is 4.79 Å². The molecule has 2 rings (SSSR count). The highest BCUT2D eigenvalue weighted by molar-refractivity contribution is 7.92. The summed E-state index contributed by atoms with van der Waals surface area (Å²) in [7, 11) is -3.34. The van der Waals surface area contributed by atoms with Crippen molar-refractivity contribution < 1.29 is 18.3 Å². The van der Waals surface area contributed by atoms with Crippen molar-refractivity contribution in [1.82, 2.24) is 0 Å². The second-order valence-corrected chi connectivity index (χ2v) is 6.54. The second-order valence-electron chi connectivity index (χ2n) is 4.34. The van der Waals surface area contributed by atoms with Gasteiger partial charge < -0.3 is 5.11 Å². The Morgan fingerprint density at radius 3 is 2.47 bits per heavy atom. The third-order valence-corrected chi connectivity index (χ3v) is 5.36. The molecule has 0 saturated heterocycles. The normalized spacial score (nSPS) is 17.7. The van der Waals surface area contributed by atoms with Crippen LogP contribution in [0, 0.1) is 0 Å². The SMILES string of the molecule is CC(C(=O)O)c1ccccc1S(=O)(=O)C1CC1. The average molecular weight is 254 g/mol. The van der Waals surface area contributed by atoms with Gasteiger partial charge in [-0.1, -0.05) is 18.2 Å². The van der Waals surface area contributed by atoms with Crippen LogP contribution in [0.4, 0.5) is 0 Å². The van der Waals surface area contributed by atoms with E-state index >= 15 is 0 Å². The van der Waals surface area contributed by atoms with Gasteiger partial charge in [-0.05, 0) is 31.4 Å². The van der Waals surface area contributed by atoms with Crippen molar-refractivity contribution in [3.63, 3.8) is 0 Å². The molecule has 4 nitrogen and oxygen atoms in total. The maximum absolute atomic E-state index is 12.1. The number of hydrogen-bond donors (Lipinski definition) is 1. The maximum atomic E-state index is 12.1. The van der Waals surface area contributed by atoms with Crippen molar-refractivity contribution in [2.24, 2.45) is 0 Å². The molecular formula is C12H14O4S. The van der Waals surface area contributed by atoms with E-state index in [4.69, 9.17) is 5.11 Å². The van der Waals surface area contributed by atoms with Crippen LogP contribution in [0.5, 0.6) is 0 Å². The van der Waals surface area contributed by atoms with E-state index in [0.29, 0.717) is 18.4 Å². The molecule has 1 atom stereocenters. The van der Waals surface area contributed by atoms with Crippen molar-refractivity contribution in [1.29, 1.82) is 0 Å². The Bertz CT molecular complexity index is 543. The number of hydrogen-bond acceptors (Lipinski definition) is 3. The van der Waals surface area contributed by atoms with Crippen LogP contribution < -0.4 is 0 Å². The van der Waals surface area contributed by atoms with Gasteiger partial charge in [-0.25, -0.2) is 8.42 Å². The Hall–Kier alpha value is -1.36. The van der Waals surface area contributed by atoms with E-state index < -0.39 is 21.7 Å². The molecule has 0 radical (unpaired) electrons. The van der Waals surface area contributed by atoms with Crippen molar-refractivity contribution in [2.45, 2.75) is 35.8 Å². The lowest BCUT2D eigenvalue weighted by molar-refractivity contribution is -0.138. The number of benzene rings is 1. The Kier molecular flexibility index (Phi) is 2.95. The number of carboxylic acids is 1. The van der Waals surface area contributed by atoms with Gasteiger partial charge in [0.2, 0.25) is 0 Å². The first-order valence-corrected chi connectivity index (χ1v) is 7.05. The highest BCUT2D eigenvalue weighted by atomic mass is 32.2. The molecule has 0 bridgehead atoms. The number of carbonyl (C=O) groups is 1. The van der Waals surface area contributed by atoms with Gasteiger partial charge in [-0.2, -0.15) is 0 Å². The monoisotopic (exact) mass is 254 g/mol. The molecular weight excluding hydrogens is 240 g/mol. The predicted molar refractivity (Wildman–Crippen MR) is 62.7 cm³/mol. The first kappa shape index (κ1) is 12.1. The summed E-state index contributed by atoms with van der Waals surface area (Å²) in [6.07, 6.45) is 1.36. The molecule has 0 heterocycles. The van der Waals surface area contributed by atoms with Gasteiger partial charge in [0.15, 0.2) is 9.84 Å². The Balaban J connectivity index is 2.51. The van der Waals surface area contributed by atoms with Crippen molar-refractivity contribution in [3.8, 4) is 0 Å². The van der Waals surface area contributed by atoms with Gasteiger partial charge in [0, 0.05) is 0 Å². The summed E-state index contributed by atoms with van der Waals surface area (Å²) in [5, 5.41) is 8.67. The minimum atomic E-state index is -3.34. The smallest absolute Gasteiger partial charge is 0.310 e. The largest absolute Gasteiger partial charge is 0.481 e. The van der Waals surface area contributed by atoms with E-state index in [1.807, 2.05) is 0 Å². The lowest BCUT2D eigenvalue weighted by atomic mass is 10.0. The third kappa shape index (κ3) is 2.20. The molecule has 0 spiro atoms. The highest BCUT2D eigenvalue weighted by Gasteiger charge is 2.38. The van der Waals surface area contributed by atoms with Crippen LogP contribution in [0.25, 0.3) is 0 Å². The van der Waals surface area contributed by atoms with E-state index in [1.54, 1.807) is 18.2 Å². The van der Waals surface area contributed by atoms with E-state index in [-0.39, 0.29) is 10.1 Å². The number of carboxylic acid groups (broad SMARTS) is 1. The minimum absolute atomic E-state index is 0.178. The van der Waals surface area contributed by atoms with Gasteiger partial charge in [0.05, 0.1) is 16.1 Å². The molecule has 1 aromatic carbocycles. The maximum Gasteiger partial charge on any atom is 0.310 e. The Morgan fingerprint density at radius 2 is 1.94 bits per heavy atom. The molecule has 1 fully saturated rings. The lowest BCUT2D eigenvalue weighted by Gasteiger charge is -2.12. The lowest BCUT2D eigenvalue weighted by Crippen LogP contribution is -2.15. The quantitative estimate of drug-likeness (QED) is 0.889. The molecule has 5 heteroatoms. The summed E-state index contributed by atoms with van der Waals surface area (Å²) in [4.78, 5) is 11.1. The number of sulfone groups is 1. The third-order valence-electron chi connectivity index (χ3n) is 3.03. The first-order chi connectivity index (χ1) is 7.94. The minimum Gasteiger partial charge on any atom is -0.481 e. The molecule has 1 unspecified atom stereocenters. The van der Waals surface area contributed by atoms with Crippen molar-refractivity contribution >= 4 is 15.8 Å². The molecule has 1 aliphatic rings. The fraction of sp³-hybridized carbons (Fsp3) is 0.417. The summed E-state index contributed by atoms with van der Waals surface area (Å²) in [6, 6.07) is 6.38. The number of rotatable bonds is 4. The molecule has 1 aliphatic carbocycles. The van der Waals surface area contributed by atoms with E-state index in [0.717, 1.165) is 0 Å². The molecule has 0 aliphatic heterocycles. The predicted octanol–water partition coefficient (Wildman–Crippen LogP) is 1.81. The molecule has 92 valence electrons. The van der Waals surface area contributed by atoms with Crippen LogP contribution in [-0.4, -0.2) is 24.7 Å². The van der Waals surface area contributed by atoms with Crippen LogP contribution in [0.15, 0.2) is 29.2 Å². The van der Waals surface area contributed by atoms with Crippen LogP contribution >= 0.6 is 0 Å². The topological polar surface area (TPSA) is 71.4 Å². The van der Waals surface area contributed by atoms with Gasteiger partial charge >= 0.3 is 5.97 Å². The molecule has 1 saturated carbocycles. The molecule has 17 heavy (non-hydrogen) atoms. The summed E-state index contributed by atoms with van der Waals surface area (Å²) in [5.41, 5.74) is 0.381. The molecule has 0 aromatic heterocycles. The average Bonchev–Trinajstić information content (AvgIpc) is 3.12. The first-order valence-electron chi connectivity index (χ1n) is 5.50. The second kappa shape index (κ2) is 4.14. The summed E-state index contributed by atoms with van der Waals surface area (Å²) in [6.45, 7) is 1.50. The van der Waals surface area contributed by atoms with Crippen LogP contribution in [0.2, 0.25) is 0 Å². The van der Waals surface area contributed by atoms with E-state index in [1.165, 1.54) is 13.0 Å². The fourth-order valence-electron chi connectivity index (χ4n) is 1.79. The summed E-state index contributed by atoms with van der Waals surface area (Å²) >= 11 is 0. The van der Waals surface area contributed by atoms with Gasteiger partial charge in [-0.15, -0.1) is 0 Å². The van der Waals surface area contributed by atoms with Gasteiger partial charge in [0.1, 0.15) is 0 Å². The molecule has 0 amide bonds. The van der Waals surface area contributed by atoms with Crippen LogP contribution in [0.1, 0.15) is 31.2 Å². The summed E-state index contributed by atoms with van der Waals surface area (Å²) in [5.74, 6) is -1.82. The van der Waals surface area contributed by atoms with E-state index in [9.17, 15) is 13.2 Å². The standard InChI is InChI=1S/C12H14O4S/c1-8(12(13)14)10-4-2-3-5-11(10)17(15,16)9-6-7-9/h2-5,8-9H,6-7H2,1H3,(H,13,14). The van der Waals surface area contributed by atoms with Crippen molar-refractivity contribution in [3.05, 3.63) is 29.8 Å². The van der Waals surface area contributed by atoms with Crippen LogP contribution in [-0.2, 0) is 14.6 Å². The zero-order valence-electron chi connectivity index (χ0n) is 9.46. The van der Waals surface area contributed by atoms with Crippen LogP contribution in [0.3, 0.4) is 0 Å².